The second-order valence-corrected chi connectivity index (χ2v) is 4.29. The summed E-state index contributed by atoms with van der Waals surface area (Å²) >= 11 is 0. The van der Waals surface area contributed by atoms with Gasteiger partial charge < -0.3 is 15.2 Å². The van der Waals surface area contributed by atoms with E-state index in [-0.39, 0.29) is 6.61 Å². The van der Waals surface area contributed by atoms with Crippen LogP contribution in [0.3, 0.4) is 0 Å². The summed E-state index contributed by atoms with van der Waals surface area (Å²) in [6.07, 6.45) is 6.06. The van der Waals surface area contributed by atoms with E-state index < -0.39 is 0 Å². The average molecular weight is 201 g/mol. The third-order valence-electron chi connectivity index (χ3n) is 3.09. The van der Waals surface area contributed by atoms with Gasteiger partial charge in [-0.1, -0.05) is 0 Å². The molecule has 1 fully saturated rings. The zero-order valence-corrected chi connectivity index (χ0v) is 9.33. The van der Waals surface area contributed by atoms with Crippen molar-refractivity contribution < 1.29 is 9.84 Å². The van der Waals surface area contributed by atoms with E-state index in [0.29, 0.717) is 18.2 Å². The van der Waals surface area contributed by atoms with Gasteiger partial charge in [-0.25, -0.2) is 0 Å². The lowest BCUT2D eigenvalue weighted by atomic mass is 9.92. The number of aliphatic hydroxyl groups is 1. The Kier molecular flexibility index (Phi) is 5.45. The summed E-state index contributed by atoms with van der Waals surface area (Å²) in [7, 11) is 1.80. The molecule has 0 bridgehead atoms. The lowest BCUT2D eigenvalue weighted by Crippen LogP contribution is -2.40. The number of nitrogens with one attached hydrogen (secondary N) is 1. The maximum atomic E-state index is 8.79. The van der Waals surface area contributed by atoms with Crippen molar-refractivity contribution in [3.05, 3.63) is 0 Å². The summed E-state index contributed by atoms with van der Waals surface area (Å²) in [5, 5.41) is 12.3. The Bertz CT molecular complexity index is 144. The minimum Gasteiger partial charge on any atom is -0.396 e. The second kappa shape index (κ2) is 6.38. The van der Waals surface area contributed by atoms with Crippen LogP contribution in [0, 0.1) is 0 Å². The van der Waals surface area contributed by atoms with E-state index in [1.165, 1.54) is 25.7 Å². The molecule has 0 aromatic rings. The molecule has 1 aliphatic rings. The molecule has 84 valence electrons. The first-order chi connectivity index (χ1) is 6.76. The molecule has 2 N–H and O–H groups in total. The van der Waals surface area contributed by atoms with Crippen LogP contribution in [0.2, 0.25) is 0 Å². The van der Waals surface area contributed by atoms with Crippen molar-refractivity contribution >= 4 is 0 Å². The van der Waals surface area contributed by atoms with Gasteiger partial charge in [0.25, 0.3) is 0 Å². The largest absolute Gasteiger partial charge is 0.396 e. The quantitative estimate of drug-likeness (QED) is 0.704. The van der Waals surface area contributed by atoms with Crippen LogP contribution in [-0.2, 0) is 4.74 Å². The van der Waals surface area contributed by atoms with Gasteiger partial charge in [0.15, 0.2) is 0 Å². The smallest absolute Gasteiger partial charge is 0.0572 e. The molecule has 0 unspecified atom stereocenters. The molecule has 1 aliphatic carbocycles. The standard InChI is InChI=1S/C11H23NO2/c1-9(7-8-13)12-10-3-5-11(14-2)6-4-10/h9-13H,3-8H2,1-2H3/t9-,10?,11?/m1/s1. The van der Waals surface area contributed by atoms with E-state index in [0.717, 1.165) is 6.42 Å². The molecular formula is C11H23NO2. The van der Waals surface area contributed by atoms with Gasteiger partial charge >= 0.3 is 0 Å². The molecule has 0 radical (unpaired) electrons. The highest BCUT2D eigenvalue weighted by atomic mass is 16.5. The lowest BCUT2D eigenvalue weighted by molar-refractivity contribution is 0.0609. The Balaban J connectivity index is 2.15. The summed E-state index contributed by atoms with van der Waals surface area (Å²) in [6.45, 7) is 2.42. The first-order valence-electron chi connectivity index (χ1n) is 5.66. The first kappa shape index (κ1) is 12.0. The zero-order valence-electron chi connectivity index (χ0n) is 9.33. The highest BCUT2D eigenvalue weighted by molar-refractivity contribution is 4.79. The number of hydrogen-bond donors (Lipinski definition) is 2. The van der Waals surface area contributed by atoms with E-state index >= 15 is 0 Å². The monoisotopic (exact) mass is 201 g/mol. The van der Waals surface area contributed by atoms with Gasteiger partial charge in [-0.05, 0) is 39.0 Å². The van der Waals surface area contributed by atoms with Crippen molar-refractivity contribution in [1.82, 2.24) is 5.32 Å². The molecule has 1 saturated carbocycles. The van der Waals surface area contributed by atoms with Gasteiger partial charge in [0.05, 0.1) is 6.10 Å². The van der Waals surface area contributed by atoms with Crippen LogP contribution in [0.4, 0.5) is 0 Å². The maximum absolute atomic E-state index is 8.79. The van der Waals surface area contributed by atoms with Gasteiger partial charge in [-0.3, -0.25) is 0 Å². The molecule has 14 heavy (non-hydrogen) atoms. The molecule has 3 heteroatoms. The Morgan fingerprint density at radius 1 is 1.36 bits per heavy atom. The molecule has 1 rings (SSSR count). The van der Waals surface area contributed by atoms with Crippen molar-refractivity contribution in [2.24, 2.45) is 0 Å². The summed E-state index contributed by atoms with van der Waals surface area (Å²) in [6, 6.07) is 1.06. The third-order valence-corrected chi connectivity index (χ3v) is 3.09. The number of ether oxygens (including phenoxy) is 1. The van der Waals surface area contributed by atoms with Crippen molar-refractivity contribution in [3.63, 3.8) is 0 Å². The van der Waals surface area contributed by atoms with Crippen LogP contribution in [0.15, 0.2) is 0 Å². The number of rotatable bonds is 5. The second-order valence-electron chi connectivity index (χ2n) is 4.29. The normalized spacial score (nSPS) is 30.2. The van der Waals surface area contributed by atoms with Crippen LogP contribution < -0.4 is 5.32 Å². The van der Waals surface area contributed by atoms with Gasteiger partial charge in [0.2, 0.25) is 0 Å². The highest BCUT2D eigenvalue weighted by Crippen LogP contribution is 2.21. The van der Waals surface area contributed by atoms with Crippen molar-refractivity contribution in [1.29, 1.82) is 0 Å². The zero-order chi connectivity index (χ0) is 10.4. The fraction of sp³-hybridized carbons (Fsp3) is 1.00. The molecule has 1 atom stereocenters. The van der Waals surface area contributed by atoms with Crippen LogP contribution in [-0.4, -0.2) is 37.0 Å². The van der Waals surface area contributed by atoms with Crippen LogP contribution in [0.5, 0.6) is 0 Å². The van der Waals surface area contributed by atoms with Gasteiger partial charge in [-0.2, -0.15) is 0 Å². The lowest BCUT2D eigenvalue weighted by Gasteiger charge is -2.30. The third kappa shape index (κ3) is 3.95. The van der Waals surface area contributed by atoms with Crippen LogP contribution in [0.1, 0.15) is 39.0 Å². The van der Waals surface area contributed by atoms with Gasteiger partial charge in [0.1, 0.15) is 0 Å². The predicted molar refractivity (Wildman–Crippen MR) is 57.4 cm³/mol. The summed E-state index contributed by atoms with van der Waals surface area (Å²) < 4.78 is 5.32. The van der Waals surface area contributed by atoms with Gasteiger partial charge in [0, 0.05) is 25.8 Å². The van der Waals surface area contributed by atoms with Crippen molar-refractivity contribution in [3.8, 4) is 0 Å². The van der Waals surface area contributed by atoms with E-state index in [1.807, 2.05) is 0 Å². The number of hydrogen-bond acceptors (Lipinski definition) is 3. The molecule has 3 nitrogen and oxygen atoms in total. The highest BCUT2D eigenvalue weighted by Gasteiger charge is 2.21. The minimum absolute atomic E-state index is 0.279. The fourth-order valence-electron chi connectivity index (χ4n) is 2.14. The van der Waals surface area contributed by atoms with E-state index in [2.05, 4.69) is 12.2 Å². The van der Waals surface area contributed by atoms with E-state index in [9.17, 15) is 0 Å². The maximum Gasteiger partial charge on any atom is 0.0572 e. The summed E-state index contributed by atoms with van der Waals surface area (Å²) in [5.41, 5.74) is 0. The number of methoxy groups -OCH3 is 1. The first-order valence-corrected chi connectivity index (χ1v) is 5.66. The topological polar surface area (TPSA) is 41.5 Å². The Morgan fingerprint density at radius 2 is 2.00 bits per heavy atom. The Hall–Kier alpha value is -0.120. The SMILES string of the molecule is COC1CCC(N[C@H](C)CCO)CC1. The molecule has 0 heterocycles. The molecule has 0 aliphatic heterocycles. The minimum atomic E-state index is 0.279. The van der Waals surface area contributed by atoms with Crippen molar-refractivity contribution in [2.45, 2.75) is 57.2 Å². The molecule has 0 aromatic heterocycles. The van der Waals surface area contributed by atoms with Crippen LogP contribution >= 0.6 is 0 Å². The molecule has 0 amide bonds. The fourth-order valence-corrected chi connectivity index (χ4v) is 2.14. The molecular weight excluding hydrogens is 178 g/mol. The number of aliphatic hydroxyl groups excluding tert-OH is 1. The summed E-state index contributed by atoms with van der Waals surface area (Å²) in [4.78, 5) is 0. The summed E-state index contributed by atoms with van der Waals surface area (Å²) in [5.74, 6) is 0. The van der Waals surface area contributed by atoms with Crippen LogP contribution in [0.25, 0.3) is 0 Å². The average Bonchev–Trinajstić information content (AvgIpc) is 2.19. The molecule has 0 saturated heterocycles. The van der Waals surface area contributed by atoms with E-state index in [4.69, 9.17) is 9.84 Å². The van der Waals surface area contributed by atoms with Crippen molar-refractivity contribution in [2.75, 3.05) is 13.7 Å². The molecule has 0 aromatic carbocycles. The predicted octanol–water partition coefficient (Wildman–Crippen LogP) is 1.30. The molecule has 0 spiro atoms. The Labute approximate surface area is 86.8 Å². The van der Waals surface area contributed by atoms with E-state index in [1.54, 1.807) is 7.11 Å². The Morgan fingerprint density at radius 3 is 2.50 bits per heavy atom. The van der Waals surface area contributed by atoms with Gasteiger partial charge in [-0.15, -0.1) is 0 Å².